The Morgan fingerprint density at radius 1 is 0.786 bits per heavy atom. The quantitative estimate of drug-likeness (QED) is 0.602. The average molecular weight is 216 g/mol. The third kappa shape index (κ3) is 8.72. The molecule has 0 spiro atoms. The van der Waals surface area contributed by atoms with Crippen molar-refractivity contribution >= 4 is 8.07 Å². The van der Waals surface area contributed by atoms with Crippen LogP contribution in [0.1, 0.15) is 6.42 Å². The minimum Gasteiger partial charge on any atom is -0.310 e. The van der Waals surface area contributed by atoms with Gasteiger partial charge in [0.25, 0.3) is 0 Å². The lowest BCUT2D eigenvalue weighted by Crippen LogP contribution is -2.31. The molecule has 0 aromatic heterocycles. The Bertz CT molecular complexity index is 144. The molecule has 0 aromatic rings. The molecule has 86 valence electrons. The molecule has 0 fully saturated rings. The Morgan fingerprint density at radius 2 is 1.29 bits per heavy atom. The van der Waals surface area contributed by atoms with Crippen LogP contribution in [0.15, 0.2) is 0 Å². The van der Waals surface area contributed by atoms with Crippen molar-refractivity contribution in [1.82, 2.24) is 9.80 Å². The van der Waals surface area contributed by atoms with Gasteiger partial charge in [0.1, 0.15) is 0 Å². The smallest absolute Gasteiger partial charge is 0.0486 e. The normalized spacial score (nSPS) is 12.9. The molecule has 14 heavy (non-hydrogen) atoms. The van der Waals surface area contributed by atoms with Crippen molar-refractivity contribution < 1.29 is 0 Å². The summed E-state index contributed by atoms with van der Waals surface area (Å²) in [7, 11) is 7.76. The van der Waals surface area contributed by atoms with Crippen LogP contribution >= 0.6 is 0 Å². The summed E-state index contributed by atoms with van der Waals surface area (Å²) in [5.74, 6) is 0. The van der Waals surface area contributed by atoms with Gasteiger partial charge in [-0.15, -0.1) is 0 Å². The average Bonchev–Trinajstić information content (AvgIpc) is 2.00. The fraction of sp³-hybridized carbons (Fsp3) is 1.00. The first-order valence-corrected chi connectivity index (χ1v) is 9.04. The highest BCUT2D eigenvalue weighted by Crippen LogP contribution is 2.17. The van der Waals surface area contributed by atoms with Gasteiger partial charge in [-0.2, -0.15) is 0 Å². The van der Waals surface area contributed by atoms with Crippen LogP contribution < -0.4 is 0 Å². The van der Waals surface area contributed by atoms with Crippen LogP contribution in [0.3, 0.4) is 0 Å². The zero-order valence-electron chi connectivity index (χ0n) is 10.9. The number of nitrogens with zero attached hydrogens (tertiary/aromatic N) is 2. The van der Waals surface area contributed by atoms with Crippen LogP contribution in [0.25, 0.3) is 0 Å². The van der Waals surface area contributed by atoms with Gasteiger partial charge in [-0.05, 0) is 53.7 Å². The molecule has 0 amide bonds. The standard InChI is InChI=1S/C11H28N2Si/c1-12(2)8-7-10-14(5,6)11-9-13(3)4/h7-11H2,1-6H3. The maximum atomic E-state index is 2.52. The first-order chi connectivity index (χ1) is 6.33. The van der Waals surface area contributed by atoms with E-state index >= 15 is 0 Å². The lowest BCUT2D eigenvalue weighted by Gasteiger charge is -2.24. The number of hydrogen-bond acceptors (Lipinski definition) is 2. The monoisotopic (exact) mass is 216 g/mol. The zero-order valence-corrected chi connectivity index (χ0v) is 11.9. The summed E-state index contributed by atoms with van der Waals surface area (Å²) < 4.78 is 0. The van der Waals surface area contributed by atoms with Gasteiger partial charge in [-0.1, -0.05) is 19.1 Å². The van der Waals surface area contributed by atoms with E-state index in [-0.39, 0.29) is 0 Å². The van der Waals surface area contributed by atoms with Crippen LogP contribution in [0.5, 0.6) is 0 Å². The molecule has 0 saturated heterocycles. The predicted molar refractivity (Wildman–Crippen MR) is 68.8 cm³/mol. The van der Waals surface area contributed by atoms with Crippen molar-refractivity contribution in [2.75, 3.05) is 41.3 Å². The van der Waals surface area contributed by atoms with Crippen molar-refractivity contribution in [3.05, 3.63) is 0 Å². The lowest BCUT2D eigenvalue weighted by molar-refractivity contribution is 0.406. The van der Waals surface area contributed by atoms with E-state index in [2.05, 4.69) is 51.1 Å². The second-order valence-corrected chi connectivity index (χ2v) is 11.0. The Balaban J connectivity index is 3.61. The Morgan fingerprint density at radius 3 is 1.71 bits per heavy atom. The molecule has 0 aliphatic rings. The number of rotatable bonds is 7. The van der Waals surface area contributed by atoms with Crippen LogP contribution in [0, 0.1) is 0 Å². The fourth-order valence-corrected chi connectivity index (χ4v) is 3.94. The largest absolute Gasteiger partial charge is 0.310 e. The molecule has 0 atom stereocenters. The molecule has 0 bridgehead atoms. The summed E-state index contributed by atoms with van der Waals surface area (Å²) in [5, 5.41) is 0. The van der Waals surface area contributed by atoms with Gasteiger partial charge in [-0.25, -0.2) is 0 Å². The van der Waals surface area contributed by atoms with Crippen LogP contribution in [0.4, 0.5) is 0 Å². The predicted octanol–water partition coefficient (Wildman–Crippen LogP) is 2.21. The van der Waals surface area contributed by atoms with Crippen molar-refractivity contribution in [2.45, 2.75) is 31.6 Å². The van der Waals surface area contributed by atoms with Gasteiger partial charge in [0, 0.05) is 8.07 Å². The maximum Gasteiger partial charge on any atom is 0.0486 e. The fourth-order valence-electron chi connectivity index (χ4n) is 1.53. The highest BCUT2D eigenvalue weighted by Gasteiger charge is 2.19. The van der Waals surface area contributed by atoms with Crippen LogP contribution in [0.2, 0.25) is 25.2 Å². The highest BCUT2D eigenvalue weighted by atomic mass is 28.3. The van der Waals surface area contributed by atoms with Gasteiger partial charge in [0.05, 0.1) is 0 Å². The second kappa shape index (κ2) is 6.59. The van der Waals surface area contributed by atoms with Gasteiger partial charge in [0.15, 0.2) is 0 Å². The summed E-state index contributed by atoms with van der Waals surface area (Å²) in [4.78, 5) is 4.59. The van der Waals surface area contributed by atoms with Gasteiger partial charge in [0.2, 0.25) is 0 Å². The molecule has 0 unspecified atom stereocenters. The third-order valence-corrected chi connectivity index (χ3v) is 5.98. The molecule has 0 saturated carbocycles. The molecular weight excluding hydrogens is 188 g/mol. The van der Waals surface area contributed by atoms with Gasteiger partial charge < -0.3 is 9.80 Å². The molecule has 0 radical (unpaired) electrons. The molecule has 0 aliphatic carbocycles. The molecule has 3 heteroatoms. The summed E-state index contributed by atoms with van der Waals surface area (Å²) >= 11 is 0. The van der Waals surface area contributed by atoms with E-state index in [1.807, 2.05) is 0 Å². The van der Waals surface area contributed by atoms with Crippen molar-refractivity contribution in [2.24, 2.45) is 0 Å². The van der Waals surface area contributed by atoms with E-state index < -0.39 is 8.07 Å². The lowest BCUT2D eigenvalue weighted by atomic mass is 10.5. The van der Waals surface area contributed by atoms with Crippen LogP contribution in [-0.4, -0.2) is 59.2 Å². The topological polar surface area (TPSA) is 6.48 Å². The molecule has 0 aliphatic heterocycles. The summed E-state index contributed by atoms with van der Waals surface area (Å²) in [6, 6.07) is 2.91. The van der Waals surface area contributed by atoms with Crippen molar-refractivity contribution in [3.8, 4) is 0 Å². The van der Waals surface area contributed by atoms with Crippen molar-refractivity contribution in [3.63, 3.8) is 0 Å². The van der Waals surface area contributed by atoms with Crippen LogP contribution in [-0.2, 0) is 0 Å². The zero-order chi connectivity index (χ0) is 11.2. The summed E-state index contributed by atoms with van der Waals surface area (Å²) in [5.41, 5.74) is 0. The maximum absolute atomic E-state index is 2.52. The molecule has 2 nitrogen and oxygen atoms in total. The molecule has 0 rings (SSSR count). The van der Waals surface area contributed by atoms with E-state index in [0.29, 0.717) is 0 Å². The molecular formula is C11H28N2Si. The van der Waals surface area contributed by atoms with E-state index in [1.165, 1.54) is 31.6 Å². The molecule has 0 heterocycles. The van der Waals surface area contributed by atoms with Gasteiger partial charge in [-0.3, -0.25) is 0 Å². The minimum atomic E-state index is -0.901. The Hall–Kier alpha value is 0.137. The first kappa shape index (κ1) is 14.1. The first-order valence-electron chi connectivity index (χ1n) is 5.63. The molecule has 0 aromatic carbocycles. The van der Waals surface area contributed by atoms with E-state index in [9.17, 15) is 0 Å². The second-order valence-electron chi connectivity index (χ2n) is 5.62. The Kier molecular flexibility index (Phi) is 6.65. The highest BCUT2D eigenvalue weighted by molar-refractivity contribution is 6.77. The Labute approximate surface area is 91.3 Å². The SMILES string of the molecule is CN(C)CCC[Si](C)(C)CCN(C)C. The van der Waals surface area contributed by atoms with E-state index in [1.54, 1.807) is 0 Å². The van der Waals surface area contributed by atoms with E-state index in [4.69, 9.17) is 0 Å². The number of hydrogen-bond donors (Lipinski definition) is 0. The third-order valence-electron chi connectivity index (χ3n) is 2.69. The van der Waals surface area contributed by atoms with Gasteiger partial charge >= 0.3 is 0 Å². The van der Waals surface area contributed by atoms with Crippen molar-refractivity contribution in [1.29, 1.82) is 0 Å². The minimum absolute atomic E-state index is 0.901. The summed E-state index contributed by atoms with van der Waals surface area (Å²) in [6.45, 7) is 7.55. The van der Waals surface area contributed by atoms with E-state index in [0.717, 1.165) is 0 Å². The molecule has 0 N–H and O–H groups in total. The summed E-state index contributed by atoms with van der Waals surface area (Å²) in [6.07, 6.45) is 1.37.